The zero-order valence-corrected chi connectivity index (χ0v) is 14.6. The molecule has 2 rings (SSSR count). The molecule has 2 heterocycles. The van der Waals surface area contributed by atoms with Gasteiger partial charge in [-0.25, -0.2) is 9.78 Å². The standard InChI is InChI=1S/C17H26N4O3/c1-4-24-17(23)21-9-7-20(8-10-21)15-6-5-14(12-18-15)19-16(22)11-13(2)3/h5-6,12-13H,4,7-11H2,1-3H3,(H,19,22). The van der Waals surface area contributed by atoms with Crippen LogP contribution in [0.25, 0.3) is 0 Å². The molecular formula is C17H26N4O3. The Bertz CT molecular complexity index is 551. The Morgan fingerprint density at radius 1 is 1.25 bits per heavy atom. The molecule has 0 aliphatic carbocycles. The van der Waals surface area contributed by atoms with Gasteiger partial charge in [0.1, 0.15) is 5.82 Å². The van der Waals surface area contributed by atoms with Gasteiger partial charge in [-0.05, 0) is 25.0 Å². The van der Waals surface area contributed by atoms with E-state index in [0.29, 0.717) is 50.8 Å². The normalized spacial score (nSPS) is 14.7. The lowest BCUT2D eigenvalue weighted by molar-refractivity contribution is -0.116. The lowest BCUT2D eigenvalue weighted by atomic mass is 10.1. The first-order valence-electron chi connectivity index (χ1n) is 8.42. The quantitative estimate of drug-likeness (QED) is 0.894. The molecule has 0 spiro atoms. The van der Waals surface area contributed by atoms with Crippen LogP contribution in [-0.4, -0.2) is 54.7 Å². The minimum absolute atomic E-state index is 0.00241. The Labute approximate surface area is 143 Å². The summed E-state index contributed by atoms with van der Waals surface area (Å²) >= 11 is 0. The molecule has 7 heteroatoms. The summed E-state index contributed by atoms with van der Waals surface area (Å²) in [6.45, 7) is 8.88. The molecule has 1 aromatic rings. The topological polar surface area (TPSA) is 74.8 Å². The van der Waals surface area contributed by atoms with E-state index in [1.165, 1.54) is 0 Å². The molecule has 24 heavy (non-hydrogen) atoms. The molecule has 0 saturated carbocycles. The van der Waals surface area contributed by atoms with E-state index in [1.807, 2.05) is 26.0 Å². The second-order valence-corrected chi connectivity index (χ2v) is 6.22. The van der Waals surface area contributed by atoms with E-state index in [4.69, 9.17) is 4.74 Å². The van der Waals surface area contributed by atoms with Crippen molar-refractivity contribution >= 4 is 23.5 Å². The van der Waals surface area contributed by atoms with E-state index in [0.717, 1.165) is 5.82 Å². The molecule has 1 aliphatic heterocycles. The summed E-state index contributed by atoms with van der Waals surface area (Å²) in [6.07, 6.45) is 1.91. The Balaban J connectivity index is 1.86. The summed E-state index contributed by atoms with van der Waals surface area (Å²) in [6, 6.07) is 3.75. The van der Waals surface area contributed by atoms with Crippen molar-refractivity contribution in [2.24, 2.45) is 5.92 Å². The first-order valence-corrected chi connectivity index (χ1v) is 8.42. The van der Waals surface area contributed by atoms with Crippen LogP contribution in [0, 0.1) is 5.92 Å². The minimum atomic E-state index is -0.256. The molecule has 0 bridgehead atoms. The van der Waals surface area contributed by atoms with Crippen LogP contribution < -0.4 is 10.2 Å². The summed E-state index contributed by atoms with van der Waals surface area (Å²) in [4.78, 5) is 31.7. The van der Waals surface area contributed by atoms with Crippen LogP contribution in [0.1, 0.15) is 27.2 Å². The van der Waals surface area contributed by atoms with Crippen molar-refractivity contribution < 1.29 is 14.3 Å². The monoisotopic (exact) mass is 334 g/mol. The number of hydrogen-bond donors (Lipinski definition) is 1. The van der Waals surface area contributed by atoms with Gasteiger partial charge in [0.05, 0.1) is 18.5 Å². The SMILES string of the molecule is CCOC(=O)N1CCN(c2ccc(NC(=O)CC(C)C)cn2)CC1. The summed E-state index contributed by atoms with van der Waals surface area (Å²) in [7, 11) is 0. The van der Waals surface area contributed by atoms with E-state index < -0.39 is 0 Å². The van der Waals surface area contributed by atoms with E-state index in [-0.39, 0.29) is 12.0 Å². The highest BCUT2D eigenvalue weighted by molar-refractivity contribution is 5.90. The summed E-state index contributed by atoms with van der Waals surface area (Å²) in [5.74, 6) is 1.18. The van der Waals surface area contributed by atoms with Crippen molar-refractivity contribution in [3.05, 3.63) is 18.3 Å². The number of carbonyl (C=O) groups is 2. The van der Waals surface area contributed by atoms with Gasteiger partial charge in [-0.3, -0.25) is 4.79 Å². The van der Waals surface area contributed by atoms with Crippen molar-refractivity contribution in [1.29, 1.82) is 0 Å². The van der Waals surface area contributed by atoms with E-state index in [1.54, 1.807) is 18.0 Å². The average molecular weight is 334 g/mol. The van der Waals surface area contributed by atoms with Gasteiger partial charge in [-0.15, -0.1) is 0 Å². The summed E-state index contributed by atoms with van der Waals surface area (Å²) in [5, 5.41) is 2.85. The highest BCUT2D eigenvalue weighted by Gasteiger charge is 2.22. The highest BCUT2D eigenvalue weighted by Crippen LogP contribution is 2.17. The number of piperazine rings is 1. The van der Waals surface area contributed by atoms with Gasteiger partial charge in [0.2, 0.25) is 5.91 Å². The fraction of sp³-hybridized carbons (Fsp3) is 0.588. The lowest BCUT2D eigenvalue weighted by Crippen LogP contribution is -2.49. The Morgan fingerprint density at radius 2 is 1.96 bits per heavy atom. The molecule has 0 radical (unpaired) electrons. The van der Waals surface area contributed by atoms with Crippen molar-refractivity contribution in [2.75, 3.05) is 43.0 Å². The molecule has 132 valence electrons. The van der Waals surface area contributed by atoms with E-state index >= 15 is 0 Å². The lowest BCUT2D eigenvalue weighted by Gasteiger charge is -2.34. The average Bonchev–Trinajstić information content (AvgIpc) is 2.55. The molecule has 1 saturated heterocycles. The third kappa shape index (κ3) is 5.11. The number of hydrogen-bond acceptors (Lipinski definition) is 5. The summed E-state index contributed by atoms with van der Waals surface area (Å²) in [5.41, 5.74) is 0.703. The van der Waals surface area contributed by atoms with Gasteiger partial charge in [-0.2, -0.15) is 0 Å². The van der Waals surface area contributed by atoms with Crippen molar-refractivity contribution in [3.63, 3.8) is 0 Å². The Morgan fingerprint density at radius 3 is 2.50 bits per heavy atom. The first-order chi connectivity index (χ1) is 11.5. The largest absolute Gasteiger partial charge is 0.450 e. The zero-order valence-electron chi connectivity index (χ0n) is 14.6. The van der Waals surface area contributed by atoms with Crippen LogP contribution in [-0.2, 0) is 9.53 Å². The second kappa shape index (κ2) is 8.52. The van der Waals surface area contributed by atoms with Gasteiger partial charge < -0.3 is 19.9 Å². The number of nitrogens with zero attached hydrogens (tertiary/aromatic N) is 3. The number of pyridine rings is 1. The molecule has 1 aromatic heterocycles. The molecule has 1 N–H and O–H groups in total. The molecule has 0 aromatic carbocycles. The molecule has 1 fully saturated rings. The van der Waals surface area contributed by atoms with Gasteiger partial charge in [0, 0.05) is 32.6 Å². The number of carbonyl (C=O) groups excluding carboxylic acids is 2. The maximum atomic E-state index is 11.8. The van der Waals surface area contributed by atoms with Crippen LogP contribution in [0.3, 0.4) is 0 Å². The van der Waals surface area contributed by atoms with Gasteiger partial charge >= 0.3 is 6.09 Å². The van der Waals surface area contributed by atoms with Crippen molar-refractivity contribution in [2.45, 2.75) is 27.2 Å². The third-order valence-corrected chi connectivity index (χ3v) is 3.75. The predicted octanol–water partition coefficient (Wildman–Crippen LogP) is 2.34. The second-order valence-electron chi connectivity index (χ2n) is 6.22. The van der Waals surface area contributed by atoms with Crippen molar-refractivity contribution in [3.8, 4) is 0 Å². The molecular weight excluding hydrogens is 308 g/mol. The number of rotatable bonds is 5. The van der Waals surface area contributed by atoms with Gasteiger partial charge in [-0.1, -0.05) is 13.8 Å². The van der Waals surface area contributed by atoms with Crippen LogP contribution in [0.15, 0.2) is 18.3 Å². The fourth-order valence-corrected chi connectivity index (χ4v) is 2.56. The Kier molecular flexibility index (Phi) is 6.40. The van der Waals surface area contributed by atoms with Crippen molar-refractivity contribution in [1.82, 2.24) is 9.88 Å². The predicted molar refractivity (Wildman–Crippen MR) is 93.1 cm³/mol. The molecule has 2 amide bonds. The van der Waals surface area contributed by atoms with E-state index in [2.05, 4.69) is 15.2 Å². The number of aromatic nitrogens is 1. The minimum Gasteiger partial charge on any atom is -0.450 e. The zero-order chi connectivity index (χ0) is 17.5. The third-order valence-electron chi connectivity index (χ3n) is 3.75. The smallest absolute Gasteiger partial charge is 0.409 e. The first kappa shape index (κ1) is 18.0. The number of anilines is 2. The maximum Gasteiger partial charge on any atom is 0.409 e. The summed E-state index contributed by atoms with van der Waals surface area (Å²) < 4.78 is 5.01. The van der Waals surface area contributed by atoms with Gasteiger partial charge in [0.25, 0.3) is 0 Å². The number of ether oxygens (including phenoxy) is 1. The van der Waals surface area contributed by atoms with Crippen LogP contribution in [0.5, 0.6) is 0 Å². The fourth-order valence-electron chi connectivity index (χ4n) is 2.56. The molecule has 0 unspecified atom stereocenters. The van der Waals surface area contributed by atoms with E-state index in [9.17, 15) is 9.59 Å². The number of amides is 2. The molecule has 7 nitrogen and oxygen atoms in total. The van der Waals surface area contributed by atoms with Crippen LogP contribution in [0.4, 0.5) is 16.3 Å². The maximum absolute atomic E-state index is 11.8. The van der Waals surface area contributed by atoms with Crippen LogP contribution in [0.2, 0.25) is 0 Å². The Hall–Kier alpha value is -2.31. The highest BCUT2D eigenvalue weighted by atomic mass is 16.6. The molecule has 1 aliphatic rings. The molecule has 0 atom stereocenters. The number of nitrogens with one attached hydrogen (secondary N) is 1. The van der Waals surface area contributed by atoms with Crippen LogP contribution >= 0.6 is 0 Å². The van der Waals surface area contributed by atoms with Gasteiger partial charge in [0.15, 0.2) is 0 Å².